The van der Waals surface area contributed by atoms with Crippen LogP contribution in [0.4, 0.5) is 0 Å². The highest BCUT2D eigenvalue weighted by Crippen LogP contribution is 2.28. The lowest BCUT2D eigenvalue weighted by atomic mass is 9.93. The van der Waals surface area contributed by atoms with Gasteiger partial charge < -0.3 is 25.8 Å². The van der Waals surface area contributed by atoms with Crippen molar-refractivity contribution in [3.63, 3.8) is 0 Å². The molecule has 6 atom stereocenters. The molecule has 0 amide bonds. The van der Waals surface area contributed by atoms with Gasteiger partial charge in [0.2, 0.25) is 0 Å². The summed E-state index contributed by atoms with van der Waals surface area (Å²) in [7, 11) is 0. The van der Waals surface area contributed by atoms with E-state index >= 15 is 0 Å². The number of thioether (sulfide) groups is 1. The first-order valence-corrected chi connectivity index (χ1v) is 6.79. The van der Waals surface area contributed by atoms with Gasteiger partial charge in [-0.3, -0.25) is 0 Å². The fourth-order valence-corrected chi connectivity index (χ4v) is 2.60. The van der Waals surface area contributed by atoms with Crippen LogP contribution in [-0.2, 0) is 4.74 Å². The second-order valence-corrected chi connectivity index (χ2v) is 5.07. The highest BCUT2D eigenvalue weighted by atomic mass is 32.2. The Bertz CT molecular complexity index is 217. The maximum Gasteiger partial charge on any atom is 0.132 e. The molecule has 0 aromatic carbocycles. The fourth-order valence-electron chi connectivity index (χ4n) is 1.92. The highest BCUT2D eigenvalue weighted by molar-refractivity contribution is 7.99. The van der Waals surface area contributed by atoms with E-state index in [0.717, 1.165) is 6.42 Å². The van der Waals surface area contributed by atoms with Crippen molar-refractivity contribution in [1.82, 2.24) is 0 Å². The third kappa shape index (κ3) is 2.88. The summed E-state index contributed by atoms with van der Waals surface area (Å²) in [5.74, 6) is 0. The van der Waals surface area contributed by atoms with Gasteiger partial charge in [-0.05, 0) is 12.7 Å². The van der Waals surface area contributed by atoms with Gasteiger partial charge in [-0.1, -0.05) is 13.3 Å². The molecule has 16 heavy (non-hydrogen) atoms. The van der Waals surface area contributed by atoms with E-state index in [1.807, 2.05) is 6.92 Å². The minimum Gasteiger partial charge on any atom is -0.388 e. The van der Waals surface area contributed by atoms with Gasteiger partial charge in [-0.2, -0.15) is 0 Å². The second kappa shape index (κ2) is 6.18. The van der Waals surface area contributed by atoms with Gasteiger partial charge in [-0.15, -0.1) is 11.8 Å². The van der Waals surface area contributed by atoms with Crippen molar-refractivity contribution in [2.75, 3.05) is 6.26 Å². The molecule has 1 aliphatic rings. The lowest BCUT2D eigenvalue weighted by Crippen LogP contribution is -2.61. The average molecular weight is 251 g/mol. The monoisotopic (exact) mass is 251 g/mol. The van der Waals surface area contributed by atoms with Crippen molar-refractivity contribution in [1.29, 1.82) is 0 Å². The van der Waals surface area contributed by atoms with Crippen molar-refractivity contribution in [3.05, 3.63) is 0 Å². The maximum absolute atomic E-state index is 9.79. The molecular weight excluding hydrogens is 230 g/mol. The first kappa shape index (κ1) is 14.2. The zero-order valence-electron chi connectivity index (χ0n) is 9.61. The molecule has 0 spiro atoms. The molecule has 0 aromatic heterocycles. The smallest absolute Gasteiger partial charge is 0.132 e. The van der Waals surface area contributed by atoms with Crippen molar-refractivity contribution in [3.8, 4) is 0 Å². The third-order valence-corrected chi connectivity index (χ3v) is 3.74. The first-order valence-electron chi connectivity index (χ1n) is 5.51. The zero-order chi connectivity index (χ0) is 12.3. The molecule has 0 aromatic rings. The molecule has 1 aliphatic heterocycles. The molecule has 0 bridgehead atoms. The lowest BCUT2D eigenvalue weighted by molar-refractivity contribution is -0.203. The van der Waals surface area contributed by atoms with Gasteiger partial charge in [0, 0.05) is 6.04 Å². The van der Waals surface area contributed by atoms with Gasteiger partial charge in [0.05, 0.1) is 0 Å². The molecular formula is C10H21NO4S. The van der Waals surface area contributed by atoms with E-state index in [9.17, 15) is 15.3 Å². The van der Waals surface area contributed by atoms with Crippen LogP contribution >= 0.6 is 11.8 Å². The lowest BCUT2D eigenvalue weighted by Gasteiger charge is -2.42. The molecule has 0 aliphatic carbocycles. The molecule has 0 saturated carbocycles. The van der Waals surface area contributed by atoms with Gasteiger partial charge in [0.1, 0.15) is 29.9 Å². The minimum atomic E-state index is -1.20. The molecule has 1 fully saturated rings. The SMILES string of the molecule is CCCC(N)C1OC(SC)C(O)C(O)C1O. The predicted octanol–water partition coefficient (Wildman–Crippen LogP) is -0.716. The zero-order valence-corrected chi connectivity index (χ0v) is 10.4. The summed E-state index contributed by atoms with van der Waals surface area (Å²) in [5, 5.41) is 29.1. The van der Waals surface area contributed by atoms with Crippen LogP contribution in [-0.4, -0.2) is 57.5 Å². The second-order valence-electron chi connectivity index (χ2n) is 4.13. The normalized spacial score (nSPS) is 42.0. The fraction of sp³-hybridized carbons (Fsp3) is 1.00. The van der Waals surface area contributed by atoms with Crippen LogP contribution in [0.3, 0.4) is 0 Å². The molecule has 5 nitrogen and oxygen atoms in total. The van der Waals surface area contributed by atoms with Crippen LogP contribution in [0.5, 0.6) is 0 Å². The van der Waals surface area contributed by atoms with Gasteiger partial charge in [0.25, 0.3) is 0 Å². The van der Waals surface area contributed by atoms with E-state index < -0.39 is 29.9 Å². The molecule has 0 radical (unpaired) electrons. The molecule has 96 valence electrons. The summed E-state index contributed by atoms with van der Waals surface area (Å²) in [4.78, 5) is 0. The average Bonchev–Trinajstić information content (AvgIpc) is 2.27. The van der Waals surface area contributed by atoms with Crippen LogP contribution in [0.25, 0.3) is 0 Å². The van der Waals surface area contributed by atoms with Crippen LogP contribution in [0, 0.1) is 0 Å². The Balaban J connectivity index is 2.70. The van der Waals surface area contributed by atoms with Crippen LogP contribution in [0.15, 0.2) is 0 Å². The Kier molecular flexibility index (Phi) is 5.49. The third-order valence-electron chi connectivity index (χ3n) is 2.88. The number of aliphatic hydroxyl groups excluding tert-OH is 3. The van der Waals surface area contributed by atoms with Crippen LogP contribution in [0.2, 0.25) is 0 Å². The van der Waals surface area contributed by atoms with E-state index in [4.69, 9.17) is 10.5 Å². The summed E-state index contributed by atoms with van der Waals surface area (Å²) in [6.07, 6.45) is -0.632. The van der Waals surface area contributed by atoms with Crippen molar-refractivity contribution in [2.45, 2.75) is 55.7 Å². The summed E-state index contributed by atoms with van der Waals surface area (Å²) < 4.78 is 5.52. The molecule has 6 unspecified atom stereocenters. The number of hydrogen-bond donors (Lipinski definition) is 4. The summed E-state index contributed by atoms with van der Waals surface area (Å²) in [6.45, 7) is 1.99. The van der Waals surface area contributed by atoms with Gasteiger partial charge in [-0.25, -0.2) is 0 Å². The summed E-state index contributed by atoms with van der Waals surface area (Å²) in [6, 6.07) is -0.322. The largest absolute Gasteiger partial charge is 0.388 e. The van der Waals surface area contributed by atoms with Crippen molar-refractivity contribution >= 4 is 11.8 Å². The predicted molar refractivity (Wildman–Crippen MR) is 63.1 cm³/mol. The van der Waals surface area contributed by atoms with E-state index in [1.165, 1.54) is 11.8 Å². The van der Waals surface area contributed by atoms with E-state index in [0.29, 0.717) is 6.42 Å². The van der Waals surface area contributed by atoms with Gasteiger partial charge in [0.15, 0.2) is 0 Å². The maximum atomic E-state index is 9.79. The van der Waals surface area contributed by atoms with E-state index in [-0.39, 0.29) is 6.04 Å². The van der Waals surface area contributed by atoms with Crippen molar-refractivity contribution < 1.29 is 20.1 Å². The van der Waals surface area contributed by atoms with Crippen molar-refractivity contribution in [2.24, 2.45) is 5.73 Å². The molecule has 5 N–H and O–H groups in total. The summed E-state index contributed by atoms with van der Waals surface area (Å²) in [5.41, 5.74) is 5.35. The Morgan fingerprint density at radius 2 is 1.88 bits per heavy atom. The van der Waals surface area contributed by atoms with Crippen LogP contribution in [0.1, 0.15) is 19.8 Å². The Labute approximate surface area is 100.0 Å². The Hall–Kier alpha value is 0.150. The Morgan fingerprint density at radius 3 is 2.38 bits per heavy atom. The Morgan fingerprint density at radius 1 is 1.25 bits per heavy atom. The van der Waals surface area contributed by atoms with Gasteiger partial charge >= 0.3 is 0 Å². The number of hydrogen-bond acceptors (Lipinski definition) is 6. The number of ether oxygens (including phenoxy) is 1. The highest BCUT2D eigenvalue weighted by Gasteiger charge is 2.45. The molecule has 1 heterocycles. The number of aliphatic hydroxyl groups is 3. The van der Waals surface area contributed by atoms with Crippen LogP contribution < -0.4 is 5.73 Å². The quantitative estimate of drug-likeness (QED) is 0.527. The first-order chi connectivity index (χ1) is 7.52. The summed E-state index contributed by atoms with van der Waals surface area (Å²) >= 11 is 1.30. The molecule has 1 saturated heterocycles. The van der Waals surface area contributed by atoms with E-state index in [2.05, 4.69) is 0 Å². The standard InChI is InChI=1S/C10H21NO4S/c1-3-4-5(11)9-7(13)6(12)8(14)10(15-9)16-2/h5-10,12-14H,3-4,11H2,1-2H3. The number of rotatable bonds is 4. The molecule has 6 heteroatoms. The van der Waals surface area contributed by atoms with E-state index in [1.54, 1.807) is 6.26 Å². The molecule has 1 rings (SSSR count). The topological polar surface area (TPSA) is 95.9 Å². The number of nitrogens with two attached hydrogens (primary N) is 1. The minimum absolute atomic E-state index is 0.322.